The van der Waals surface area contributed by atoms with Crippen LogP contribution in [0.15, 0.2) is 27.2 Å². The maximum atomic E-state index is 5.55. The second-order valence-corrected chi connectivity index (χ2v) is 4.70. The lowest BCUT2D eigenvalue weighted by atomic mass is 10.2. The van der Waals surface area contributed by atoms with Gasteiger partial charge in [0.15, 0.2) is 0 Å². The van der Waals surface area contributed by atoms with Gasteiger partial charge in [-0.2, -0.15) is 4.98 Å². The average Bonchev–Trinajstić information content (AvgIpc) is 2.79. The Labute approximate surface area is 113 Å². The molecule has 0 aliphatic rings. The molecular formula is C11H14BrN5O. The zero-order valence-corrected chi connectivity index (χ0v) is 11.7. The van der Waals surface area contributed by atoms with Crippen LogP contribution in [0.4, 0.5) is 11.8 Å². The molecule has 2 rings (SSSR count). The predicted octanol–water partition coefficient (Wildman–Crippen LogP) is 2.60. The van der Waals surface area contributed by atoms with E-state index in [1.807, 2.05) is 26.0 Å². The molecule has 0 fully saturated rings. The molecule has 0 amide bonds. The van der Waals surface area contributed by atoms with E-state index >= 15 is 0 Å². The molecular weight excluding hydrogens is 298 g/mol. The van der Waals surface area contributed by atoms with E-state index in [9.17, 15) is 0 Å². The van der Waals surface area contributed by atoms with Gasteiger partial charge in [-0.15, -0.1) is 0 Å². The molecule has 0 aliphatic carbocycles. The van der Waals surface area contributed by atoms with Crippen LogP contribution in [-0.2, 0) is 0 Å². The first kappa shape index (κ1) is 12.8. The number of halogens is 1. The highest BCUT2D eigenvalue weighted by Gasteiger charge is 2.12. The number of furan rings is 1. The second kappa shape index (κ2) is 5.36. The minimum Gasteiger partial charge on any atom is -0.464 e. The first-order valence-corrected chi connectivity index (χ1v) is 6.21. The van der Waals surface area contributed by atoms with Gasteiger partial charge in [0.25, 0.3) is 0 Å². The van der Waals surface area contributed by atoms with Crippen LogP contribution in [0, 0.1) is 6.92 Å². The summed E-state index contributed by atoms with van der Waals surface area (Å²) in [7, 11) is 0. The van der Waals surface area contributed by atoms with Crippen molar-refractivity contribution in [1.29, 1.82) is 0 Å². The molecule has 4 N–H and O–H groups in total. The summed E-state index contributed by atoms with van der Waals surface area (Å²) in [6.07, 6.45) is 1.63. The number of rotatable bonds is 4. The lowest BCUT2D eigenvalue weighted by Crippen LogP contribution is -2.13. The molecule has 2 aromatic heterocycles. The average molecular weight is 312 g/mol. The largest absolute Gasteiger partial charge is 0.464 e. The minimum atomic E-state index is -0.00414. The van der Waals surface area contributed by atoms with Crippen molar-refractivity contribution in [3.8, 4) is 0 Å². The molecule has 1 atom stereocenters. The maximum absolute atomic E-state index is 5.55. The highest BCUT2D eigenvalue weighted by Crippen LogP contribution is 2.25. The molecule has 7 heteroatoms. The molecule has 0 aliphatic heterocycles. The number of nitrogens with two attached hydrogens (primary N) is 1. The number of hydrogen-bond donors (Lipinski definition) is 3. The van der Waals surface area contributed by atoms with Crippen LogP contribution >= 0.6 is 15.9 Å². The molecule has 0 saturated heterocycles. The van der Waals surface area contributed by atoms with Crippen molar-refractivity contribution < 1.29 is 4.42 Å². The molecule has 2 aromatic rings. The first-order chi connectivity index (χ1) is 8.60. The standard InChI is InChI=1S/C11H14BrN5O/c1-6-3-4-9(18-6)7(2)15-10-8(12)5-14-11(16-10)17-13/h3-5,7H,13H2,1-2H3,(H2,14,15,16,17). The van der Waals surface area contributed by atoms with Crippen LogP contribution in [0.2, 0.25) is 0 Å². The van der Waals surface area contributed by atoms with E-state index < -0.39 is 0 Å². The second-order valence-electron chi connectivity index (χ2n) is 3.85. The van der Waals surface area contributed by atoms with Crippen molar-refractivity contribution in [2.24, 2.45) is 5.84 Å². The fraction of sp³-hybridized carbons (Fsp3) is 0.273. The monoisotopic (exact) mass is 311 g/mol. The number of nitrogens with one attached hydrogen (secondary N) is 2. The number of anilines is 2. The highest BCUT2D eigenvalue weighted by atomic mass is 79.9. The molecule has 0 bridgehead atoms. The van der Waals surface area contributed by atoms with Gasteiger partial charge in [-0.05, 0) is 41.9 Å². The van der Waals surface area contributed by atoms with Crippen molar-refractivity contribution in [2.75, 3.05) is 10.7 Å². The molecule has 1 unspecified atom stereocenters. The van der Waals surface area contributed by atoms with E-state index in [1.54, 1.807) is 6.20 Å². The van der Waals surface area contributed by atoms with Gasteiger partial charge >= 0.3 is 0 Å². The van der Waals surface area contributed by atoms with E-state index in [0.29, 0.717) is 11.8 Å². The summed E-state index contributed by atoms with van der Waals surface area (Å²) in [6.45, 7) is 3.90. The summed E-state index contributed by atoms with van der Waals surface area (Å²) in [5, 5.41) is 3.23. The third-order valence-corrected chi connectivity index (χ3v) is 2.99. The van der Waals surface area contributed by atoms with Crippen molar-refractivity contribution in [2.45, 2.75) is 19.9 Å². The van der Waals surface area contributed by atoms with Gasteiger partial charge in [-0.1, -0.05) is 0 Å². The molecule has 6 nitrogen and oxygen atoms in total. The number of hydrazine groups is 1. The Morgan fingerprint density at radius 1 is 1.44 bits per heavy atom. The van der Waals surface area contributed by atoms with Crippen LogP contribution in [0.5, 0.6) is 0 Å². The Balaban J connectivity index is 2.18. The van der Waals surface area contributed by atoms with Gasteiger partial charge in [0.2, 0.25) is 5.95 Å². The van der Waals surface area contributed by atoms with Gasteiger partial charge in [0.05, 0.1) is 10.5 Å². The third-order valence-electron chi connectivity index (χ3n) is 2.41. The fourth-order valence-corrected chi connectivity index (χ4v) is 1.81. The maximum Gasteiger partial charge on any atom is 0.239 e. The SMILES string of the molecule is Cc1ccc(C(C)Nc2nc(NN)ncc2Br)o1. The van der Waals surface area contributed by atoms with Gasteiger partial charge in [-0.3, -0.25) is 5.43 Å². The van der Waals surface area contributed by atoms with E-state index in [1.165, 1.54) is 0 Å². The predicted molar refractivity (Wildman–Crippen MR) is 73.0 cm³/mol. The minimum absolute atomic E-state index is 0.00414. The number of aryl methyl sites for hydroxylation is 1. The fourth-order valence-electron chi connectivity index (χ4n) is 1.50. The summed E-state index contributed by atoms with van der Waals surface area (Å²) >= 11 is 3.38. The van der Waals surface area contributed by atoms with Gasteiger partial charge < -0.3 is 9.73 Å². The van der Waals surface area contributed by atoms with Crippen LogP contribution in [0.3, 0.4) is 0 Å². The molecule has 0 saturated carbocycles. The molecule has 0 aromatic carbocycles. The lowest BCUT2D eigenvalue weighted by molar-refractivity contribution is 0.466. The van der Waals surface area contributed by atoms with E-state index in [0.717, 1.165) is 16.0 Å². The Morgan fingerprint density at radius 3 is 2.83 bits per heavy atom. The van der Waals surface area contributed by atoms with Crippen molar-refractivity contribution in [3.05, 3.63) is 34.3 Å². The van der Waals surface area contributed by atoms with Crippen LogP contribution < -0.4 is 16.6 Å². The smallest absolute Gasteiger partial charge is 0.239 e. The first-order valence-electron chi connectivity index (χ1n) is 5.42. The van der Waals surface area contributed by atoms with Gasteiger partial charge in [0.1, 0.15) is 17.3 Å². The summed E-state index contributed by atoms with van der Waals surface area (Å²) in [5.41, 5.74) is 2.41. The van der Waals surface area contributed by atoms with E-state index in [4.69, 9.17) is 10.3 Å². The van der Waals surface area contributed by atoms with Crippen LogP contribution in [0.25, 0.3) is 0 Å². The number of nitrogen functional groups attached to an aromatic ring is 1. The van der Waals surface area contributed by atoms with E-state index in [-0.39, 0.29) is 6.04 Å². The van der Waals surface area contributed by atoms with Gasteiger partial charge in [0, 0.05) is 6.20 Å². The highest BCUT2D eigenvalue weighted by molar-refractivity contribution is 9.10. The lowest BCUT2D eigenvalue weighted by Gasteiger charge is -2.13. The number of aromatic nitrogens is 2. The molecule has 0 spiro atoms. The number of nitrogens with zero attached hydrogens (tertiary/aromatic N) is 2. The van der Waals surface area contributed by atoms with Crippen LogP contribution in [0.1, 0.15) is 24.5 Å². The molecule has 96 valence electrons. The summed E-state index contributed by atoms with van der Waals surface area (Å²) in [4.78, 5) is 8.20. The zero-order chi connectivity index (χ0) is 13.1. The Morgan fingerprint density at radius 2 is 2.22 bits per heavy atom. The van der Waals surface area contributed by atoms with E-state index in [2.05, 4.69) is 36.6 Å². The van der Waals surface area contributed by atoms with Crippen molar-refractivity contribution >= 4 is 27.7 Å². The Kier molecular flexibility index (Phi) is 3.83. The summed E-state index contributed by atoms with van der Waals surface area (Å²) < 4.78 is 6.31. The zero-order valence-electron chi connectivity index (χ0n) is 10.1. The Bertz CT molecular complexity index is 542. The Hall–Kier alpha value is -1.60. The quantitative estimate of drug-likeness (QED) is 0.594. The number of hydrogen-bond acceptors (Lipinski definition) is 6. The third kappa shape index (κ3) is 2.80. The van der Waals surface area contributed by atoms with Crippen molar-refractivity contribution in [1.82, 2.24) is 9.97 Å². The summed E-state index contributed by atoms with van der Waals surface area (Å²) in [6, 6.07) is 3.86. The molecule has 18 heavy (non-hydrogen) atoms. The summed E-state index contributed by atoms with van der Waals surface area (Å²) in [5.74, 6) is 8.01. The van der Waals surface area contributed by atoms with Crippen LogP contribution in [-0.4, -0.2) is 9.97 Å². The normalized spacial score (nSPS) is 12.2. The molecule has 2 heterocycles. The topological polar surface area (TPSA) is 89.0 Å². The molecule has 0 radical (unpaired) electrons. The van der Waals surface area contributed by atoms with Gasteiger partial charge in [-0.25, -0.2) is 10.8 Å². The van der Waals surface area contributed by atoms with Crippen molar-refractivity contribution in [3.63, 3.8) is 0 Å².